The van der Waals surface area contributed by atoms with Crippen LogP contribution in [0.3, 0.4) is 0 Å². The Hall–Kier alpha value is -1.65. The van der Waals surface area contributed by atoms with E-state index in [0.29, 0.717) is 12.6 Å². The van der Waals surface area contributed by atoms with E-state index in [0.717, 1.165) is 40.5 Å². The molecule has 134 valence electrons. The lowest BCUT2D eigenvalue weighted by atomic mass is 9.72. The summed E-state index contributed by atoms with van der Waals surface area (Å²) in [7, 11) is 0. The van der Waals surface area contributed by atoms with Crippen LogP contribution in [0.2, 0.25) is 0 Å². The van der Waals surface area contributed by atoms with Crippen molar-refractivity contribution >= 4 is 10.9 Å². The Morgan fingerprint density at radius 3 is 2.92 bits per heavy atom. The molecule has 0 amide bonds. The molecule has 5 atom stereocenters. The summed E-state index contributed by atoms with van der Waals surface area (Å²) < 4.78 is 5.66. The number of benzene rings is 1. The average Bonchev–Trinajstić information content (AvgIpc) is 2.67. The van der Waals surface area contributed by atoms with Crippen LogP contribution in [-0.4, -0.2) is 35.8 Å². The van der Waals surface area contributed by atoms with E-state index in [2.05, 4.69) is 11.9 Å². The smallest absolute Gasteiger partial charge is 0.131 e. The lowest BCUT2D eigenvalue weighted by Crippen LogP contribution is -3.20. The zero-order valence-corrected chi connectivity index (χ0v) is 15.2. The zero-order valence-electron chi connectivity index (χ0n) is 15.2. The molecular weight excluding hydrogens is 312 g/mol. The Bertz CT molecular complexity index is 748. The highest BCUT2D eigenvalue weighted by atomic mass is 16.5. The van der Waals surface area contributed by atoms with Crippen LogP contribution in [0.15, 0.2) is 30.5 Å². The number of aliphatic hydroxyl groups excluding tert-OH is 1. The van der Waals surface area contributed by atoms with Gasteiger partial charge in [-0.3, -0.25) is 4.98 Å². The van der Waals surface area contributed by atoms with Gasteiger partial charge in [-0.25, -0.2) is 0 Å². The number of nitrogens with zero attached hydrogens (tertiary/aromatic N) is 1. The van der Waals surface area contributed by atoms with E-state index in [-0.39, 0.29) is 0 Å². The zero-order chi connectivity index (χ0) is 17.4. The van der Waals surface area contributed by atoms with Gasteiger partial charge in [0.15, 0.2) is 0 Å². The summed E-state index contributed by atoms with van der Waals surface area (Å²) >= 11 is 0. The summed E-state index contributed by atoms with van der Waals surface area (Å²) in [5.41, 5.74) is 1.93. The molecule has 3 fully saturated rings. The molecule has 1 unspecified atom stereocenters. The first-order valence-corrected chi connectivity index (χ1v) is 9.75. The normalized spacial score (nSPS) is 29.7. The third-order valence-corrected chi connectivity index (χ3v) is 6.39. The number of nitrogens with one attached hydrogen (secondary N) is 1. The first kappa shape index (κ1) is 16.8. The molecule has 3 aliphatic rings. The van der Waals surface area contributed by atoms with Crippen LogP contribution in [0, 0.1) is 11.8 Å². The number of hydrogen-bond acceptors (Lipinski definition) is 3. The second kappa shape index (κ2) is 6.93. The molecule has 0 saturated carbocycles. The second-order valence-corrected chi connectivity index (χ2v) is 7.63. The van der Waals surface area contributed by atoms with Crippen molar-refractivity contribution in [3.05, 3.63) is 36.0 Å². The van der Waals surface area contributed by atoms with Gasteiger partial charge in [0.05, 0.1) is 25.2 Å². The minimum absolute atomic E-state index is 0.308. The number of piperidine rings is 3. The molecule has 0 aliphatic carbocycles. The van der Waals surface area contributed by atoms with Gasteiger partial charge in [-0.15, -0.1) is 0 Å². The van der Waals surface area contributed by atoms with Gasteiger partial charge < -0.3 is 14.7 Å². The summed E-state index contributed by atoms with van der Waals surface area (Å²) in [5.74, 6) is 2.47. The number of aliphatic hydroxyl groups is 1. The number of quaternary nitrogens is 1. The fraction of sp³-hybridized carbons (Fsp3) is 0.571. The molecule has 1 aromatic carbocycles. The van der Waals surface area contributed by atoms with Crippen molar-refractivity contribution in [3.8, 4) is 5.75 Å². The van der Waals surface area contributed by atoms with Gasteiger partial charge in [0.1, 0.15) is 17.9 Å². The Morgan fingerprint density at radius 1 is 1.32 bits per heavy atom. The fourth-order valence-corrected chi connectivity index (χ4v) is 5.06. The summed E-state index contributed by atoms with van der Waals surface area (Å²) in [6.07, 6.45) is 5.12. The van der Waals surface area contributed by atoms with E-state index in [1.165, 1.54) is 25.9 Å². The van der Waals surface area contributed by atoms with Crippen LogP contribution in [-0.2, 0) is 0 Å². The minimum atomic E-state index is -0.432. The predicted molar refractivity (Wildman–Crippen MR) is 98.9 cm³/mol. The number of aromatic nitrogens is 1. The van der Waals surface area contributed by atoms with Crippen LogP contribution in [0.1, 0.15) is 44.8 Å². The number of ether oxygens (including phenoxy) is 1. The van der Waals surface area contributed by atoms with E-state index in [1.807, 2.05) is 37.4 Å². The van der Waals surface area contributed by atoms with Crippen LogP contribution in [0.25, 0.3) is 10.9 Å². The van der Waals surface area contributed by atoms with Gasteiger partial charge in [0.25, 0.3) is 0 Å². The fourth-order valence-electron chi connectivity index (χ4n) is 5.06. The highest BCUT2D eigenvalue weighted by Crippen LogP contribution is 2.35. The maximum Gasteiger partial charge on any atom is 0.131 e. The molecule has 0 radical (unpaired) electrons. The Labute approximate surface area is 149 Å². The Morgan fingerprint density at radius 2 is 2.20 bits per heavy atom. The van der Waals surface area contributed by atoms with E-state index >= 15 is 0 Å². The molecule has 4 heteroatoms. The second-order valence-electron chi connectivity index (χ2n) is 7.63. The maximum absolute atomic E-state index is 11.3. The monoisotopic (exact) mass is 341 g/mol. The van der Waals surface area contributed by atoms with Crippen LogP contribution in [0.4, 0.5) is 0 Å². The van der Waals surface area contributed by atoms with Crippen molar-refractivity contribution < 1.29 is 14.7 Å². The molecule has 2 aromatic rings. The van der Waals surface area contributed by atoms with Crippen LogP contribution >= 0.6 is 0 Å². The summed E-state index contributed by atoms with van der Waals surface area (Å²) in [4.78, 5) is 6.06. The molecule has 4 heterocycles. The SMILES string of the molecule is CCOc1ccc2nccc([C@@H](O)[C@H]3C[C@@H]4CC[NH+]3C[C@H]4CC)c2c1. The molecule has 25 heavy (non-hydrogen) atoms. The molecule has 2 bridgehead atoms. The van der Waals surface area contributed by atoms with E-state index in [4.69, 9.17) is 4.74 Å². The summed E-state index contributed by atoms with van der Waals surface area (Å²) in [6, 6.07) is 8.28. The number of pyridine rings is 1. The van der Waals surface area contributed by atoms with Gasteiger partial charge in [0, 0.05) is 30.3 Å². The number of fused-ring (bicyclic) bond motifs is 4. The van der Waals surface area contributed by atoms with E-state index in [9.17, 15) is 5.11 Å². The van der Waals surface area contributed by atoms with Gasteiger partial charge in [0.2, 0.25) is 0 Å². The topological polar surface area (TPSA) is 46.8 Å². The van der Waals surface area contributed by atoms with Crippen molar-refractivity contribution in [2.75, 3.05) is 19.7 Å². The molecule has 0 spiro atoms. The standard InChI is InChI=1S/C21H28N2O2/c1-3-14-13-23-10-8-15(14)11-20(23)21(24)17-7-9-22-19-6-5-16(25-4-2)12-18(17)19/h5-7,9,12,14-15,20-21,24H,3-4,8,10-11,13H2,1-2H3/p+1/t14-,15+,20-,21-/m1/s1. The average molecular weight is 341 g/mol. The lowest BCUT2D eigenvalue weighted by molar-refractivity contribution is -0.950. The van der Waals surface area contributed by atoms with Gasteiger partial charge >= 0.3 is 0 Å². The quantitative estimate of drug-likeness (QED) is 0.878. The maximum atomic E-state index is 11.3. The lowest BCUT2D eigenvalue weighted by Gasteiger charge is -2.48. The largest absolute Gasteiger partial charge is 0.494 e. The predicted octanol–water partition coefficient (Wildman–Crippen LogP) is 2.37. The van der Waals surface area contributed by atoms with E-state index in [1.54, 1.807) is 4.90 Å². The molecule has 3 aliphatic heterocycles. The van der Waals surface area contributed by atoms with Crippen LogP contribution in [0.5, 0.6) is 5.75 Å². The number of rotatable bonds is 5. The van der Waals surface area contributed by atoms with Crippen LogP contribution < -0.4 is 9.64 Å². The summed E-state index contributed by atoms with van der Waals surface area (Å²) in [5, 5.41) is 12.3. The van der Waals surface area contributed by atoms with Gasteiger partial charge in [-0.05, 0) is 49.1 Å². The Balaban J connectivity index is 1.66. The Kier molecular flexibility index (Phi) is 4.65. The van der Waals surface area contributed by atoms with Gasteiger partial charge in [-0.1, -0.05) is 6.92 Å². The molecule has 2 N–H and O–H groups in total. The van der Waals surface area contributed by atoms with E-state index < -0.39 is 6.10 Å². The highest BCUT2D eigenvalue weighted by molar-refractivity contribution is 5.83. The highest BCUT2D eigenvalue weighted by Gasteiger charge is 2.46. The first-order valence-electron chi connectivity index (χ1n) is 9.75. The summed E-state index contributed by atoms with van der Waals surface area (Å²) in [6.45, 7) is 7.36. The molecule has 3 saturated heterocycles. The molecular formula is C21H29N2O2+. The van der Waals surface area contributed by atoms with Gasteiger partial charge in [-0.2, -0.15) is 0 Å². The van der Waals surface area contributed by atoms with Crippen molar-refractivity contribution in [1.29, 1.82) is 0 Å². The molecule has 5 rings (SSSR count). The third-order valence-electron chi connectivity index (χ3n) is 6.39. The first-order chi connectivity index (χ1) is 12.2. The minimum Gasteiger partial charge on any atom is -0.494 e. The third kappa shape index (κ3) is 3.02. The van der Waals surface area contributed by atoms with Crippen molar-refractivity contribution in [2.45, 2.75) is 45.3 Å². The molecule has 4 nitrogen and oxygen atoms in total. The van der Waals surface area contributed by atoms with Crippen molar-refractivity contribution in [2.24, 2.45) is 11.8 Å². The van der Waals surface area contributed by atoms with Crippen molar-refractivity contribution in [1.82, 2.24) is 4.98 Å². The van der Waals surface area contributed by atoms with Crippen molar-refractivity contribution in [3.63, 3.8) is 0 Å². The number of hydrogen-bond donors (Lipinski definition) is 2. The molecule has 1 aromatic heterocycles.